The standard InChI is InChI=1S/C52H38N5O.Pt/c1-52(2,3)35-28-29-53-51(30-35)57-46-21-10-8-19-42(46)44-27-25-40(33-50(44)57)58-39-17-13-16-37(31-39)54-34-55(48-23-12-11-22-47(48)54)38-24-26-43-41-18-7-9-20-45(41)56(49(43)32-38)36-14-5-4-6-15-36;/h4-30,32,34H,1-3H3;/q-3;. The second-order valence-electron chi connectivity index (χ2n) is 15.8. The number of fused-ring (bicyclic) bond motifs is 7. The summed E-state index contributed by atoms with van der Waals surface area (Å²) in [4.78, 5) is 9.27. The number of ether oxygens (including phenoxy) is 1. The third-order valence-electron chi connectivity index (χ3n) is 11.2. The fraction of sp³-hybridized carbons (Fsp3) is 0.0769. The van der Waals surface area contributed by atoms with Gasteiger partial charge in [0.05, 0.1) is 11.0 Å². The Labute approximate surface area is 357 Å². The summed E-state index contributed by atoms with van der Waals surface area (Å²) in [6.07, 6.45) is 1.90. The molecule has 3 aromatic heterocycles. The van der Waals surface area contributed by atoms with Crippen LogP contribution < -0.4 is 14.5 Å². The summed E-state index contributed by atoms with van der Waals surface area (Å²) in [5.74, 6) is 2.06. The first-order chi connectivity index (χ1) is 28.4. The molecule has 0 spiro atoms. The Morgan fingerprint density at radius 1 is 0.525 bits per heavy atom. The second-order valence-corrected chi connectivity index (χ2v) is 15.8. The molecule has 7 heteroatoms. The van der Waals surface area contributed by atoms with E-state index in [0.29, 0.717) is 11.5 Å². The van der Waals surface area contributed by atoms with E-state index in [0.717, 1.165) is 61.6 Å². The van der Waals surface area contributed by atoms with Crippen LogP contribution in [0.1, 0.15) is 26.3 Å². The van der Waals surface area contributed by atoms with Gasteiger partial charge in [-0.25, -0.2) is 4.98 Å². The molecule has 59 heavy (non-hydrogen) atoms. The van der Waals surface area contributed by atoms with Gasteiger partial charge in [0.1, 0.15) is 5.82 Å². The molecule has 7 aromatic carbocycles. The van der Waals surface area contributed by atoms with Crippen LogP contribution in [0.5, 0.6) is 11.5 Å². The van der Waals surface area contributed by atoms with Crippen molar-refractivity contribution in [1.82, 2.24) is 14.1 Å². The van der Waals surface area contributed by atoms with E-state index >= 15 is 0 Å². The van der Waals surface area contributed by atoms with Crippen LogP contribution in [0.2, 0.25) is 0 Å². The maximum absolute atomic E-state index is 6.58. The minimum atomic E-state index is -0.0170. The van der Waals surface area contributed by atoms with Crippen LogP contribution in [0.4, 0.5) is 22.7 Å². The van der Waals surface area contributed by atoms with E-state index in [1.165, 1.54) is 21.9 Å². The molecule has 6 nitrogen and oxygen atoms in total. The van der Waals surface area contributed by atoms with E-state index in [4.69, 9.17) is 9.72 Å². The van der Waals surface area contributed by atoms with E-state index in [1.807, 2.05) is 24.4 Å². The predicted octanol–water partition coefficient (Wildman–Crippen LogP) is 13.4. The normalized spacial score (nSPS) is 12.7. The molecule has 0 saturated heterocycles. The first-order valence-corrected chi connectivity index (χ1v) is 19.6. The van der Waals surface area contributed by atoms with Gasteiger partial charge in [0.2, 0.25) is 0 Å². The maximum atomic E-state index is 6.58. The smallest absolute Gasteiger partial charge is 0.135 e. The van der Waals surface area contributed by atoms with Gasteiger partial charge < -0.3 is 23.7 Å². The van der Waals surface area contributed by atoms with E-state index in [-0.39, 0.29) is 26.5 Å². The van der Waals surface area contributed by atoms with Crippen LogP contribution in [-0.2, 0) is 26.5 Å². The average molecular weight is 944 g/mol. The monoisotopic (exact) mass is 943 g/mol. The number of aromatic nitrogens is 3. The van der Waals surface area contributed by atoms with E-state index in [1.54, 1.807) is 0 Å². The summed E-state index contributed by atoms with van der Waals surface area (Å²) in [5.41, 5.74) is 10.7. The molecule has 0 aliphatic carbocycles. The summed E-state index contributed by atoms with van der Waals surface area (Å²) in [6.45, 7) is 8.82. The zero-order chi connectivity index (χ0) is 39.0. The van der Waals surface area contributed by atoms with Crippen molar-refractivity contribution in [1.29, 1.82) is 0 Å². The van der Waals surface area contributed by atoms with E-state index in [2.05, 4.69) is 204 Å². The van der Waals surface area contributed by atoms with Crippen LogP contribution in [0.25, 0.3) is 55.1 Å². The summed E-state index contributed by atoms with van der Waals surface area (Å²) in [5, 5.41) is 4.69. The Hall–Kier alpha value is -6.62. The van der Waals surface area contributed by atoms with Crippen molar-refractivity contribution in [2.75, 3.05) is 9.80 Å². The van der Waals surface area contributed by atoms with Crippen molar-refractivity contribution in [3.05, 3.63) is 194 Å². The van der Waals surface area contributed by atoms with Gasteiger partial charge in [-0.3, -0.25) is 0 Å². The summed E-state index contributed by atoms with van der Waals surface area (Å²) in [7, 11) is 0. The van der Waals surface area contributed by atoms with Crippen LogP contribution in [0.3, 0.4) is 0 Å². The fourth-order valence-corrected chi connectivity index (χ4v) is 8.41. The summed E-state index contributed by atoms with van der Waals surface area (Å²) < 4.78 is 11.1. The van der Waals surface area contributed by atoms with Crippen molar-refractivity contribution in [2.45, 2.75) is 26.2 Å². The third-order valence-corrected chi connectivity index (χ3v) is 11.2. The first kappa shape index (κ1) is 36.7. The Morgan fingerprint density at radius 2 is 1.17 bits per heavy atom. The SMILES string of the molecule is CC(C)(C)c1ccnc(-n2c3[c-]c(Oc4[c-]c(N5[CH-]N(c6ccc7c8ccccc8n(-c8ccccc8)c7c6)c6ccccc65)ccc4)ccc3c3ccccc32)c1.[Pt]. The van der Waals surface area contributed by atoms with Crippen LogP contribution >= 0.6 is 0 Å². The maximum Gasteiger partial charge on any atom is 0.135 e. The fourth-order valence-electron chi connectivity index (χ4n) is 8.41. The minimum absolute atomic E-state index is 0. The van der Waals surface area contributed by atoms with Gasteiger partial charge in [0.15, 0.2) is 0 Å². The number of nitrogens with zero attached hydrogens (tertiary/aromatic N) is 5. The largest absolute Gasteiger partial charge is 0.509 e. The van der Waals surface area contributed by atoms with Crippen molar-refractivity contribution in [3.8, 4) is 23.0 Å². The van der Waals surface area contributed by atoms with E-state index in [9.17, 15) is 0 Å². The summed E-state index contributed by atoms with van der Waals surface area (Å²) >= 11 is 0. The number of para-hydroxylation sites is 5. The summed E-state index contributed by atoms with van der Waals surface area (Å²) in [6, 6.07) is 64.5. The Bertz CT molecular complexity index is 3200. The number of hydrogen-bond donors (Lipinski definition) is 0. The van der Waals surface area contributed by atoms with Gasteiger partial charge in [-0.1, -0.05) is 99.1 Å². The molecule has 1 aliphatic rings. The zero-order valence-electron chi connectivity index (χ0n) is 32.7. The molecule has 0 radical (unpaired) electrons. The molecule has 0 atom stereocenters. The molecule has 1 aliphatic heterocycles. The van der Waals surface area contributed by atoms with Crippen LogP contribution in [0, 0.1) is 18.8 Å². The Morgan fingerprint density at radius 3 is 1.95 bits per heavy atom. The van der Waals surface area contributed by atoms with Crippen LogP contribution in [-0.4, -0.2) is 14.1 Å². The molecule has 0 unspecified atom stereocenters. The molecule has 0 N–H and O–H groups in total. The molecule has 10 aromatic rings. The molecule has 11 rings (SSSR count). The predicted molar refractivity (Wildman–Crippen MR) is 237 cm³/mol. The molecular formula is C52H38N5OPt-3. The number of hydrogen-bond acceptors (Lipinski definition) is 4. The quantitative estimate of drug-likeness (QED) is 0.156. The van der Waals surface area contributed by atoms with Gasteiger partial charge in [-0.2, -0.15) is 12.1 Å². The van der Waals surface area contributed by atoms with Crippen LogP contribution in [0.15, 0.2) is 170 Å². The zero-order valence-corrected chi connectivity index (χ0v) is 35.0. The molecule has 0 saturated carbocycles. The number of benzene rings is 7. The van der Waals surface area contributed by atoms with Gasteiger partial charge in [-0.15, -0.1) is 48.1 Å². The molecule has 290 valence electrons. The number of pyridine rings is 1. The topological polar surface area (TPSA) is 38.5 Å². The van der Waals surface area contributed by atoms with Crippen molar-refractivity contribution >= 4 is 66.4 Å². The van der Waals surface area contributed by atoms with Crippen molar-refractivity contribution in [3.63, 3.8) is 0 Å². The van der Waals surface area contributed by atoms with E-state index < -0.39 is 0 Å². The average Bonchev–Trinajstić information content (AvgIpc) is 3.91. The molecule has 4 heterocycles. The van der Waals surface area contributed by atoms with Gasteiger partial charge >= 0.3 is 0 Å². The van der Waals surface area contributed by atoms with Crippen molar-refractivity contribution < 1.29 is 25.8 Å². The Kier molecular flexibility index (Phi) is 8.92. The molecule has 0 fully saturated rings. The molecule has 0 amide bonds. The third kappa shape index (κ3) is 6.18. The molecule has 0 bridgehead atoms. The first-order valence-electron chi connectivity index (χ1n) is 19.6. The van der Waals surface area contributed by atoms with Gasteiger partial charge in [-0.05, 0) is 77.0 Å². The Balaban J connectivity index is 0.00000420. The number of anilines is 4. The van der Waals surface area contributed by atoms with Gasteiger partial charge in [0.25, 0.3) is 0 Å². The number of rotatable bonds is 6. The second kappa shape index (κ2) is 14.3. The van der Waals surface area contributed by atoms with Crippen molar-refractivity contribution in [2.24, 2.45) is 0 Å². The minimum Gasteiger partial charge on any atom is -0.509 e. The molecular weight excluding hydrogens is 906 g/mol. The van der Waals surface area contributed by atoms with Gasteiger partial charge in [0, 0.05) is 77.8 Å².